The first-order chi connectivity index (χ1) is 13.9. The van der Waals surface area contributed by atoms with Crippen LogP contribution in [0.5, 0.6) is 0 Å². The Morgan fingerprint density at radius 3 is 2.64 bits per heavy atom. The number of hydrogen-bond donors (Lipinski definition) is 2. The van der Waals surface area contributed by atoms with Gasteiger partial charge in [0.05, 0.1) is 18.8 Å². The molecule has 1 aromatic rings. The fourth-order valence-corrected chi connectivity index (χ4v) is 3.78. The zero-order chi connectivity index (χ0) is 19.4. The minimum Gasteiger partial charge on any atom is -0.379 e. The molecule has 156 valence electrons. The zero-order valence-corrected chi connectivity index (χ0v) is 17.1. The predicted octanol–water partition coefficient (Wildman–Crippen LogP) is 2.83. The van der Waals surface area contributed by atoms with E-state index in [2.05, 4.69) is 39.9 Å². The molecule has 2 N–H and O–H groups in total. The molecule has 2 aliphatic rings. The van der Waals surface area contributed by atoms with Crippen molar-refractivity contribution in [3.05, 3.63) is 35.4 Å². The van der Waals surface area contributed by atoms with Crippen molar-refractivity contribution >= 4 is 5.96 Å². The summed E-state index contributed by atoms with van der Waals surface area (Å²) in [6.07, 6.45) is 7.01. The summed E-state index contributed by atoms with van der Waals surface area (Å²) in [6.45, 7) is 4.79. The molecule has 0 aromatic heterocycles. The number of aliphatic imine (C=N–C) groups is 1. The van der Waals surface area contributed by atoms with Gasteiger partial charge < -0.3 is 24.8 Å². The van der Waals surface area contributed by atoms with Gasteiger partial charge in [-0.3, -0.25) is 4.99 Å². The minimum absolute atomic E-state index is 0.257. The van der Waals surface area contributed by atoms with Gasteiger partial charge in [0.2, 0.25) is 0 Å². The van der Waals surface area contributed by atoms with Gasteiger partial charge >= 0.3 is 0 Å². The average molecular weight is 390 g/mol. The zero-order valence-electron chi connectivity index (χ0n) is 17.1. The SMILES string of the molecule is CN=C(NCCCOC1CCOC1)NCCCOC1CCCc2ccccc21. The van der Waals surface area contributed by atoms with Crippen molar-refractivity contribution in [2.75, 3.05) is 46.6 Å². The van der Waals surface area contributed by atoms with Gasteiger partial charge in [0.15, 0.2) is 5.96 Å². The van der Waals surface area contributed by atoms with Crippen LogP contribution in [0.15, 0.2) is 29.3 Å². The molecule has 0 saturated carbocycles. The van der Waals surface area contributed by atoms with Gasteiger partial charge in [0.25, 0.3) is 0 Å². The van der Waals surface area contributed by atoms with Crippen LogP contribution in [0.25, 0.3) is 0 Å². The Hall–Kier alpha value is -1.63. The topological polar surface area (TPSA) is 64.1 Å². The monoisotopic (exact) mass is 389 g/mol. The molecular weight excluding hydrogens is 354 g/mol. The van der Waals surface area contributed by atoms with E-state index in [0.29, 0.717) is 0 Å². The second-order valence-corrected chi connectivity index (χ2v) is 7.44. The number of hydrogen-bond acceptors (Lipinski definition) is 4. The highest BCUT2D eigenvalue weighted by Crippen LogP contribution is 2.32. The molecule has 1 aliphatic heterocycles. The summed E-state index contributed by atoms with van der Waals surface area (Å²) in [7, 11) is 1.80. The number of rotatable bonds is 10. The van der Waals surface area contributed by atoms with Crippen LogP contribution in [0.2, 0.25) is 0 Å². The number of guanidine groups is 1. The second-order valence-electron chi connectivity index (χ2n) is 7.44. The molecule has 3 rings (SSSR count). The summed E-state index contributed by atoms with van der Waals surface area (Å²) >= 11 is 0. The highest BCUT2D eigenvalue weighted by Gasteiger charge is 2.19. The molecule has 1 fully saturated rings. The highest BCUT2D eigenvalue weighted by molar-refractivity contribution is 5.79. The van der Waals surface area contributed by atoms with Crippen molar-refractivity contribution in [3.8, 4) is 0 Å². The van der Waals surface area contributed by atoms with Crippen molar-refractivity contribution in [3.63, 3.8) is 0 Å². The summed E-state index contributed by atoms with van der Waals surface area (Å²) in [6, 6.07) is 8.69. The Morgan fingerprint density at radius 1 is 1.11 bits per heavy atom. The number of aryl methyl sites for hydroxylation is 1. The lowest BCUT2D eigenvalue weighted by molar-refractivity contribution is 0.0398. The van der Waals surface area contributed by atoms with E-state index in [4.69, 9.17) is 14.2 Å². The van der Waals surface area contributed by atoms with Crippen molar-refractivity contribution in [2.24, 2.45) is 4.99 Å². The third kappa shape index (κ3) is 6.76. The van der Waals surface area contributed by atoms with Crippen molar-refractivity contribution in [1.82, 2.24) is 10.6 Å². The van der Waals surface area contributed by atoms with E-state index in [1.807, 2.05) is 0 Å². The Morgan fingerprint density at radius 2 is 1.89 bits per heavy atom. The number of fused-ring (bicyclic) bond motifs is 1. The molecule has 1 aromatic carbocycles. The third-order valence-corrected chi connectivity index (χ3v) is 5.33. The lowest BCUT2D eigenvalue weighted by Crippen LogP contribution is -2.38. The van der Waals surface area contributed by atoms with Gasteiger partial charge in [-0.05, 0) is 49.7 Å². The standard InChI is InChI=1S/C22H35N3O3/c1-23-22(24-12-5-14-27-19-11-16-26-17-19)25-13-6-15-28-21-10-4-8-18-7-2-3-9-20(18)21/h2-3,7,9,19,21H,4-6,8,10-17H2,1H3,(H2,23,24,25). The molecule has 28 heavy (non-hydrogen) atoms. The van der Waals surface area contributed by atoms with Crippen LogP contribution >= 0.6 is 0 Å². The van der Waals surface area contributed by atoms with Crippen LogP contribution in [-0.4, -0.2) is 58.6 Å². The predicted molar refractivity (Wildman–Crippen MR) is 112 cm³/mol. The van der Waals surface area contributed by atoms with Gasteiger partial charge in [-0.15, -0.1) is 0 Å². The molecule has 0 amide bonds. The van der Waals surface area contributed by atoms with E-state index in [1.165, 1.54) is 24.0 Å². The lowest BCUT2D eigenvalue weighted by atomic mass is 9.89. The summed E-state index contributed by atoms with van der Waals surface area (Å²) in [4.78, 5) is 4.27. The first-order valence-corrected chi connectivity index (χ1v) is 10.7. The van der Waals surface area contributed by atoms with Crippen LogP contribution in [-0.2, 0) is 20.6 Å². The van der Waals surface area contributed by atoms with Crippen molar-refractivity contribution in [2.45, 2.75) is 50.7 Å². The maximum atomic E-state index is 6.16. The number of nitrogens with zero attached hydrogens (tertiary/aromatic N) is 1. The van der Waals surface area contributed by atoms with Gasteiger partial charge in [0.1, 0.15) is 0 Å². The number of ether oxygens (including phenoxy) is 3. The maximum absolute atomic E-state index is 6.16. The summed E-state index contributed by atoms with van der Waals surface area (Å²) < 4.78 is 17.2. The molecule has 0 spiro atoms. The maximum Gasteiger partial charge on any atom is 0.190 e. The minimum atomic E-state index is 0.257. The summed E-state index contributed by atoms with van der Waals surface area (Å²) in [5.74, 6) is 0.840. The van der Waals surface area contributed by atoms with Crippen molar-refractivity contribution < 1.29 is 14.2 Å². The van der Waals surface area contributed by atoms with E-state index in [0.717, 1.165) is 71.2 Å². The number of nitrogens with one attached hydrogen (secondary N) is 2. The van der Waals surface area contributed by atoms with Crippen LogP contribution in [0.1, 0.15) is 49.3 Å². The lowest BCUT2D eigenvalue weighted by Gasteiger charge is -2.25. The molecule has 6 nitrogen and oxygen atoms in total. The van der Waals surface area contributed by atoms with E-state index < -0.39 is 0 Å². The Bertz CT molecular complexity index is 602. The summed E-state index contributed by atoms with van der Waals surface area (Å²) in [5.41, 5.74) is 2.83. The quantitative estimate of drug-likeness (QED) is 0.366. The fourth-order valence-electron chi connectivity index (χ4n) is 3.78. The van der Waals surface area contributed by atoms with E-state index in [9.17, 15) is 0 Å². The fraction of sp³-hybridized carbons (Fsp3) is 0.682. The molecule has 6 heteroatoms. The molecular formula is C22H35N3O3. The Labute approximate surface area is 169 Å². The average Bonchev–Trinajstić information content (AvgIpc) is 3.25. The molecule has 0 radical (unpaired) electrons. The normalized spacial score (nSPS) is 22.1. The van der Waals surface area contributed by atoms with Gasteiger partial charge in [-0.2, -0.15) is 0 Å². The highest BCUT2D eigenvalue weighted by atomic mass is 16.5. The first kappa shape index (κ1) is 21.1. The van der Waals surface area contributed by atoms with Gasteiger partial charge in [-0.1, -0.05) is 24.3 Å². The molecule has 2 atom stereocenters. The van der Waals surface area contributed by atoms with Crippen LogP contribution in [0.4, 0.5) is 0 Å². The van der Waals surface area contributed by atoms with E-state index in [-0.39, 0.29) is 12.2 Å². The Kier molecular flexibility index (Phi) is 9.07. The summed E-state index contributed by atoms with van der Waals surface area (Å²) in [5, 5.41) is 6.69. The second kappa shape index (κ2) is 12.0. The van der Waals surface area contributed by atoms with Crippen molar-refractivity contribution in [1.29, 1.82) is 0 Å². The first-order valence-electron chi connectivity index (χ1n) is 10.7. The molecule has 1 heterocycles. The van der Waals surface area contributed by atoms with E-state index >= 15 is 0 Å². The molecule has 1 aliphatic carbocycles. The molecule has 1 saturated heterocycles. The van der Waals surface area contributed by atoms with Crippen LogP contribution in [0, 0.1) is 0 Å². The molecule has 0 bridgehead atoms. The Balaban J connectivity index is 1.23. The van der Waals surface area contributed by atoms with Crippen LogP contribution in [0.3, 0.4) is 0 Å². The van der Waals surface area contributed by atoms with E-state index in [1.54, 1.807) is 7.05 Å². The van der Waals surface area contributed by atoms with Crippen LogP contribution < -0.4 is 10.6 Å². The van der Waals surface area contributed by atoms with Gasteiger partial charge in [0, 0.05) is 40.0 Å². The smallest absolute Gasteiger partial charge is 0.190 e. The van der Waals surface area contributed by atoms with Gasteiger partial charge in [-0.25, -0.2) is 0 Å². The largest absolute Gasteiger partial charge is 0.379 e. The number of benzene rings is 1. The molecule has 2 unspecified atom stereocenters. The third-order valence-electron chi connectivity index (χ3n) is 5.33.